The Bertz CT molecular complexity index is 324. The predicted octanol–water partition coefficient (Wildman–Crippen LogP) is 2.09. The van der Waals surface area contributed by atoms with Crippen molar-refractivity contribution in [1.82, 2.24) is 0 Å². The van der Waals surface area contributed by atoms with Crippen LogP contribution in [0.15, 0.2) is 42.3 Å². The Labute approximate surface area is 69.8 Å². The van der Waals surface area contributed by atoms with E-state index in [0.29, 0.717) is 0 Å². The van der Waals surface area contributed by atoms with Crippen LogP contribution in [0.1, 0.15) is 5.56 Å². The molecule has 0 aliphatic heterocycles. The summed E-state index contributed by atoms with van der Waals surface area (Å²) < 4.78 is 0. The van der Waals surface area contributed by atoms with Crippen molar-refractivity contribution in [2.75, 3.05) is 0 Å². The topological polar surface area (TPSA) is 43.1 Å². The maximum absolute atomic E-state index is 9.86. The van der Waals surface area contributed by atoms with Crippen LogP contribution in [0.4, 0.5) is 0 Å². The van der Waals surface area contributed by atoms with Gasteiger partial charge in [-0.3, -0.25) is 10.1 Å². The molecule has 0 radical (unpaired) electrons. The van der Waals surface area contributed by atoms with Crippen LogP contribution < -0.4 is 0 Å². The van der Waals surface area contributed by atoms with E-state index in [2.05, 4.69) is 5.73 Å². The minimum atomic E-state index is -0.542. The van der Waals surface area contributed by atoms with Crippen molar-refractivity contribution in [3.8, 4) is 0 Å². The first-order chi connectivity index (χ1) is 5.79. The molecule has 0 saturated heterocycles. The average molecular weight is 161 g/mol. The van der Waals surface area contributed by atoms with E-state index in [1.165, 1.54) is 0 Å². The molecule has 0 saturated carbocycles. The first-order valence-electron chi connectivity index (χ1n) is 3.40. The summed E-state index contributed by atoms with van der Waals surface area (Å²) in [6.45, 7) is 0. The molecular weight excluding hydrogens is 154 g/mol. The fourth-order valence-electron chi connectivity index (χ4n) is 0.744. The summed E-state index contributed by atoms with van der Waals surface area (Å²) in [6, 6.07) is 9.30. The minimum absolute atomic E-state index is 0.542. The SMILES string of the molecule is O=[N+]([O-])C=C=Cc1ccccc1. The number of hydrogen-bond donors (Lipinski definition) is 0. The van der Waals surface area contributed by atoms with Crippen LogP contribution in [0.5, 0.6) is 0 Å². The highest BCUT2D eigenvalue weighted by atomic mass is 16.6. The second-order valence-corrected chi connectivity index (χ2v) is 2.14. The van der Waals surface area contributed by atoms with Crippen molar-refractivity contribution in [2.24, 2.45) is 0 Å². The Kier molecular flexibility index (Phi) is 2.82. The molecule has 0 atom stereocenters. The average Bonchev–Trinajstić information content (AvgIpc) is 2.05. The molecule has 0 N–H and O–H groups in total. The van der Waals surface area contributed by atoms with Crippen LogP contribution in [-0.4, -0.2) is 4.92 Å². The zero-order chi connectivity index (χ0) is 8.81. The Morgan fingerprint density at radius 2 is 2.00 bits per heavy atom. The quantitative estimate of drug-likeness (QED) is 0.378. The van der Waals surface area contributed by atoms with E-state index >= 15 is 0 Å². The Morgan fingerprint density at radius 3 is 2.58 bits per heavy atom. The molecule has 0 fully saturated rings. The Hall–Kier alpha value is -1.86. The first kappa shape index (κ1) is 8.24. The van der Waals surface area contributed by atoms with E-state index in [0.717, 1.165) is 11.8 Å². The number of rotatable bonds is 2. The smallest absolute Gasteiger partial charge is 0.258 e. The maximum Gasteiger partial charge on any atom is 0.276 e. The number of nitrogens with zero attached hydrogens (tertiary/aromatic N) is 1. The van der Waals surface area contributed by atoms with Gasteiger partial charge in [-0.05, 0) is 17.4 Å². The molecule has 0 aliphatic carbocycles. The zero-order valence-electron chi connectivity index (χ0n) is 6.31. The van der Waals surface area contributed by atoms with E-state index in [1.807, 2.05) is 30.3 Å². The third-order valence-electron chi connectivity index (χ3n) is 1.23. The van der Waals surface area contributed by atoms with Crippen molar-refractivity contribution in [1.29, 1.82) is 0 Å². The van der Waals surface area contributed by atoms with Crippen molar-refractivity contribution < 1.29 is 4.92 Å². The molecule has 0 aliphatic rings. The normalized spacial score (nSPS) is 8.33. The second kappa shape index (κ2) is 4.11. The third kappa shape index (κ3) is 2.82. The summed E-state index contributed by atoms with van der Waals surface area (Å²) in [6.07, 6.45) is 2.34. The molecule has 3 heteroatoms. The van der Waals surface area contributed by atoms with E-state index in [9.17, 15) is 10.1 Å². The lowest BCUT2D eigenvalue weighted by molar-refractivity contribution is -0.402. The molecule has 3 nitrogen and oxygen atoms in total. The summed E-state index contributed by atoms with van der Waals surface area (Å²) in [4.78, 5) is 9.31. The summed E-state index contributed by atoms with van der Waals surface area (Å²) in [7, 11) is 0. The van der Waals surface area contributed by atoms with Gasteiger partial charge in [0.15, 0.2) is 0 Å². The molecule has 0 spiro atoms. The summed E-state index contributed by atoms with van der Waals surface area (Å²) in [5.74, 6) is 0. The molecular formula is C9H7NO2. The molecule has 0 amide bonds. The third-order valence-corrected chi connectivity index (χ3v) is 1.23. The van der Waals surface area contributed by atoms with Gasteiger partial charge in [-0.15, -0.1) is 0 Å². The largest absolute Gasteiger partial charge is 0.276 e. The molecule has 0 heterocycles. The maximum atomic E-state index is 9.86. The zero-order valence-corrected chi connectivity index (χ0v) is 6.31. The summed E-state index contributed by atoms with van der Waals surface area (Å²) in [5.41, 5.74) is 3.35. The van der Waals surface area contributed by atoms with Crippen LogP contribution in [0, 0.1) is 10.1 Å². The number of nitro groups is 1. The van der Waals surface area contributed by atoms with Crippen LogP contribution in [0.3, 0.4) is 0 Å². The predicted molar refractivity (Wildman–Crippen MR) is 46.0 cm³/mol. The highest BCUT2D eigenvalue weighted by Crippen LogP contribution is 1.98. The van der Waals surface area contributed by atoms with Crippen LogP contribution >= 0.6 is 0 Å². The molecule has 0 aromatic heterocycles. The number of hydrogen-bond acceptors (Lipinski definition) is 2. The van der Waals surface area contributed by atoms with Crippen molar-refractivity contribution in [3.63, 3.8) is 0 Å². The van der Waals surface area contributed by atoms with Gasteiger partial charge in [0.1, 0.15) is 0 Å². The van der Waals surface area contributed by atoms with Crippen LogP contribution in [0.2, 0.25) is 0 Å². The molecule has 1 rings (SSSR count). The van der Waals surface area contributed by atoms with E-state index in [-0.39, 0.29) is 0 Å². The monoisotopic (exact) mass is 161 g/mol. The van der Waals surface area contributed by atoms with Crippen molar-refractivity contribution in [3.05, 3.63) is 57.9 Å². The fourth-order valence-corrected chi connectivity index (χ4v) is 0.744. The lowest BCUT2D eigenvalue weighted by Gasteiger charge is -1.85. The van der Waals surface area contributed by atoms with E-state index < -0.39 is 4.92 Å². The lowest BCUT2D eigenvalue weighted by atomic mass is 10.2. The van der Waals surface area contributed by atoms with Crippen LogP contribution in [0.25, 0.3) is 6.08 Å². The van der Waals surface area contributed by atoms with Gasteiger partial charge in [0, 0.05) is 0 Å². The Morgan fingerprint density at radius 1 is 1.33 bits per heavy atom. The van der Waals surface area contributed by atoms with Gasteiger partial charge in [0.2, 0.25) is 0 Å². The van der Waals surface area contributed by atoms with Gasteiger partial charge >= 0.3 is 0 Å². The number of benzene rings is 1. The van der Waals surface area contributed by atoms with Crippen LogP contribution in [-0.2, 0) is 0 Å². The molecule has 12 heavy (non-hydrogen) atoms. The Balaban J connectivity index is 2.77. The van der Waals surface area contributed by atoms with Gasteiger partial charge in [-0.2, -0.15) is 0 Å². The molecule has 1 aromatic carbocycles. The first-order valence-corrected chi connectivity index (χ1v) is 3.40. The lowest BCUT2D eigenvalue weighted by Crippen LogP contribution is -1.79. The van der Waals surface area contributed by atoms with Crippen molar-refractivity contribution in [2.45, 2.75) is 0 Å². The van der Waals surface area contributed by atoms with Gasteiger partial charge in [-0.1, -0.05) is 30.3 Å². The molecule has 0 bridgehead atoms. The van der Waals surface area contributed by atoms with Crippen molar-refractivity contribution >= 4 is 6.08 Å². The highest BCUT2D eigenvalue weighted by Gasteiger charge is 1.81. The van der Waals surface area contributed by atoms with Gasteiger partial charge in [-0.25, -0.2) is 0 Å². The minimum Gasteiger partial charge on any atom is -0.258 e. The molecule has 0 unspecified atom stereocenters. The summed E-state index contributed by atoms with van der Waals surface area (Å²) in [5, 5.41) is 9.86. The van der Waals surface area contributed by atoms with Gasteiger partial charge in [0.05, 0.1) is 4.92 Å². The van der Waals surface area contributed by atoms with E-state index in [4.69, 9.17) is 0 Å². The molecule has 1 aromatic rings. The standard InChI is InChI=1S/C9H7NO2/c11-10(12)8-4-7-9-5-2-1-3-6-9/h1-3,5-8H. The van der Waals surface area contributed by atoms with Gasteiger partial charge in [0.25, 0.3) is 6.20 Å². The van der Waals surface area contributed by atoms with E-state index in [1.54, 1.807) is 6.08 Å². The van der Waals surface area contributed by atoms with Gasteiger partial charge < -0.3 is 0 Å². The highest BCUT2D eigenvalue weighted by molar-refractivity contribution is 5.47. The summed E-state index contributed by atoms with van der Waals surface area (Å²) >= 11 is 0. The fraction of sp³-hybridized carbons (Fsp3) is 0. The molecule has 60 valence electrons. The second-order valence-electron chi connectivity index (χ2n) is 2.14.